The van der Waals surface area contributed by atoms with E-state index in [-0.39, 0.29) is 23.3 Å². The van der Waals surface area contributed by atoms with Gasteiger partial charge in [-0.05, 0) is 18.4 Å². The third-order valence-corrected chi connectivity index (χ3v) is 3.56. The fourth-order valence-electron chi connectivity index (χ4n) is 2.53. The number of nitrogens with one attached hydrogen (secondary N) is 1. The van der Waals surface area contributed by atoms with Gasteiger partial charge in [0, 0.05) is 32.3 Å². The lowest BCUT2D eigenvalue weighted by molar-refractivity contribution is -0.128. The minimum absolute atomic E-state index is 0.0622. The summed E-state index contributed by atoms with van der Waals surface area (Å²) in [6, 6.07) is 1.62. The number of carbonyl (C=O) groups is 2. The molecule has 1 aliphatic rings. The Balaban J connectivity index is 1.95. The van der Waals surface area contributed by atoms with Gasteiger partial charge in [-0.15, -0.1) is 0 Å². The highest BCUT2D eigenvalue weighted by Crippen LogP contribution is 2.20. The molecule has 0 bridgehead atoms. The van der Waals surface area contributed by atoms with Crippen molar-refractivity contribution in [3.05, 3.63) is 17.5 Å². The van der Waals surface area contributed by atoms with Crippen LogP contribution in [0.15, 0.2) is 6.07 Å². The summed E-state index contributed by atoms with van der Waals surface area (Å²) in [4.78, 5) is 26.0. The molecule has 1 fully saturated rings. The van der Waals surface area contributed by atoms with Crippen molar-refractivity contribution in [3.8, 4) is 0 Å². The van der Waals surface area contributed by atoms with Crippen LogP contribution in [-0.4, -0.2) is 45.6 Å². The molecular weight excluding hydrogens is 268 g/mol. The first kappa shape index (κ1) is 15.5. The number of rotatable bonds is 3. The first-order chi connectivity index (χ1) is 9.65. The smallest absolute Gasteiger partial charge is 0.272 e. The van der Waals surface area contributed by atoms with Gasteiger partial charge in [0.25, 0.3) is 5.91 Å². The van der Waals surface area contributed by atoms with E-state index in [4.69, 9.17) is 0 Å². The maximum absolute atomic E-state index is 12.1. The van der Waals surface area contributed by atoms with E-state index in [0.29, 0.717) is 25.2 Å². The normalized spacial score (nSPS) is 19.2. The highest BCUT2D eigenvalue weighted by molar-refractivity contribution is 5.93. The third-order valence-electron chi connectivity index (χ3n) is 3.56. The number of aromatic nitrogens is 2. The van der Waals surface area contributed by atoms with Crippen LogP contribution in [0.1, 0.15) is 43.4 Å². The van der Waals surface area contributed by atoms with Crippen LogP contribution in [0.2, 0.25) is 0 Å². The van der Waals surface area contributed by atoms with E-state index in [1.807, 2.05) is 11.8 Å². The molecule has 2 heterocycles. The highest BCUT2D eigenvalue weighted by Gasteiger charge is 2.33. The summed E-state index contributed by atoms with van der Waals surface area (Å²) < 4.78 is 1.67. The Labute approximate surface area is 125 Å². The summed E-state index contributed by atoms with van der Waals surface area (Å²) in [6.45, 7) is 9.48. The quantitative estimate of drug-likeness (QED) is 0.907. The van der Waals surface area contributed by atoms with Crippen molar-refractivity contribution in [3.63, 3.8) is 0 Å². The summed E-state index contributed by atoms with van der Waals surface area (Å²) in [5.41, 5.74) is 1.39. The van der Waals surface area contributed by atoms with Gasteiger partial charge < -0.3 is 10.2 Å². The SMILES string of the molecule is Cc1cc(C(=O)N[C@H]2CC(=O)N(CC(C)(C)C)C2)nn1C. The zero-order chi connectivity index (χ0) is 15.8. The third kappa shape index (κ3) is 3.83. The minimum atomic E-state index is -0.214. The van der Waals surface area contributed by atoms with Crippen LogP contribution in [0, 0.1) is 12.3 Å². The zero-order valence-electron chi connectivity index (χ0n) is 13.4. The van der Waals surface area contributed by atoms with Gasteiger partial charge in [0.1, 0.15) is 5.69 Å². The second kappa shape index (κ2) is 5.50. The fourth-order valence-corrected chi connectivity index (χ4v) is 2.53. The molecule has 1 atom stereocenters. The number of aryl methyl sites for hydroxylation is 2. The predicted molar refractivity (Wildman–Crippen MR) is 79.9 cm³/mol. The standard InChI is InChI=1S/C15H24N4O2/c1-10-6-12(17-18(10)5)14(21)16-11-7-13(20)19(8-11)9-15(2,3)4/h6,11H,7-9H2,1-5H3,(H,16,21)/t11-/m0/s1. The Morgan fingerprint density at radius 1 is 1.48 bits per heavy atom. The largest absolute Gasteiger partial charge is 0.346 e. The van der Waals surface area contributed by atoms with Crippen LogP contribution in [0.4, 0.5) is 0 Å². The maximum Gasteiger partial charge on any atom is 0.272 e. The summed E-state index contributed by atoms with van der Waals surface area (Å²) in [5.74, 6) is -0.110. The van der Waals surface area contributed by atoms with Gasteiger partial charge in [-0.25, -0.2) is 0 Å². The number of amides is 2. The van der Waals surface area contributed by atoms with Crippen molar-refractivity contribution in [2.45, 2.75) is 40.2 Å². The first-order valence-corrected chi connectivity index (χ1v) is 7.25. The van der Waals surface area contributed by atoms with Gasteiger partial charge in [0.05, 0.1) is 6.04 Å². The molecule has 6 heteroatoms. The summed E-state index contributed by atoms with van der Waals surface area (Å²) in [6.07, 6.45) is 0.369. The molecule has 0 spiro atoms. The molecule has 0 saturated carbocycles. The van der Waals surface area contributed by atoms with Crippen molar-refractivity contribution < 1.29 is 9.59 Å². The van der Waals surface area contributed by atoms with Crippen LogP contribution in [-0.2, 0) is 11.8 Å². The maximum atomic E-state index is 12.1. The topological polar surface area (TPSA) is 67.2 Å². The van der Waals surface area contributed by atoms with E-state index in [2.05, 4.69) is 31.2 Å². The molecule has 1 aliphatic heterocycles. The van der Waals surface area contributed by atoms with Crippen molar-refractivity contribution in [2.75, 3.05) is 13.1 Å². The Morgan fingerprint density at radius 2 is 2.14 bits per heavy atom. The number of hydrogen-bond donors (Lipinski definition) is 1. The molecule has 6 nitrogen and oxygen atoms in total. The predicted octanol–water partition coefficient (Wildman–Crippen LogP) is 1.11. The van der Waals surface area contributed by atoms with Gasteiger partial charge in [-0.3, -0.25) is 14.3 Å². The van der Waals surface area contributed by atoms with Crippen LogP contribution in [0.5, 0.6) is 0 Å². The number of nitrogens with zero attached hydrogens (tertiary/aromatic N) is 3. The average molecular weight is 292 g/mol. The van der Waals surface area contributed by atoms with E-state index in [1.165, 1.54) is 0 Å². The molecule has 0 unspecified atom stereocenters. The van der Waals surface area contributed by atoms with Gasteiger partial charge in [0.15, 0.2) is 0 Å². The second-order valence-corrected chi connectivity index (χ2v) is 7.00. The molecule has 1 saturated heterocycles. The van der Waals surface area contributed by atoms with Gasteiger partial charge in [0.2, 0.25) is 5.91 Å². The molecule has 116 valence electrons. The monoisotopic (exact) mass is 292 g/mol. The van der Waals surface area contributed by atoms with Gasteiger partial charge in [-0.1, -0.05) is 20.8 Å². The van der Waals surface area contributed by atoms with E-state index >= 15 is 0 Å². The minimum Gasteiger partial charge on any atom is -0.346 e. The molecule has 0 radical (unpaired) electrons. The van der Waals surface area contributed by atoms with E-state index < -0.39 is 0 Å². The Hall–Kier alpha value is -1.85. The van der Waals surface area contributed by atoms with E-state index in [9.17, 15) is 9.59 Å². The lowest BCUT2D eigenvalue weighted by Crippen LogP contribution is -2.39. The molecule has 2 amide bonds. The van der Waals surface area contributed by atoms with Crippen molar-refractivity contribution in [2.24, 2.45) is 12.5 Å². The van der Waals surface area contributed by atoms with Gasteiger partial charge >= 0.3 is 0 Å². The first-order valence-electron chi connectivity index (χ1n) is 7.25. The molecule has 1 aromatic rings. The molecule has 1 N–H and O–H groups in total. The molecule has 0 aliphatic carbocycles. The molecular formula is C15H24N4O2. The Kier molecular flexibility index (Phi) is 4.07. The molecule has 21 heavy (non-hydrogen) atoms. The second-order valence-electron chi connectivity index (χ2n) is 7.00. The van der Waals surface area contributed by atoms with Crippen LogP contribution >= 0.6 is 0 Å². The van der Waals surface area contributed by atoms with Crippen molar-refractivity contribution in [1.82, 2.24) is 20.0 Å². The fraction of sp³-hybridized carbons (Fsp3) is 0.667. The summed E-state index contributed by atoms with van der Waals surface area (Å²) >= 11 is 0. The molecule has 1 aromatic heterocycles. The lowest BCUT2D eigenvalue weighted by Gasteiger charge is -2.26. The van der Waals surface area contributed by atoms with Crippen LogP contribution in [0.3, 0.4) is 0 Å². The summed E-state index contributed by atoms with van der Waals surface area (Å²) in [5, 5.41) is 7.06. The number of carbonyl (C=O) groups excluding carboxylic acids is 2. The number of hydrogen-bond acceptors (Lipinski definition) is 3. The van der Waals surface area contributed by atoms with Crippen molar-refractivity contribution in [1.29, 1.82) is 0 Å². The number of likely N-dealkylation sites (tertiary alicyclic amines) is 1. The molecule has 2 rings (SSSR count). The van der Waals surface area contributed by atoms with Crippen LogP contribution < -0.4 is 5.32 Å². The average Bonchev–Trinajstić information content (AvgIpc) is 2.82. The lowest BCUT2D eigenvalue weighted by atomic mass is 9.96. The highest BCUT2D eigenvalue weighted by atomic mass is 16.2. The van der Waals surface area contributed by atoms with E-state index in [0.717, 1.165) is 5.69 Å². The molecule has 0 aromatic carbocycles. The van der Waals surface area contributed by atoms with Crippen molar-refractivity contribution >= 4 is 11.8 Å². The van der Waals surface area contributed by atoms with Crippen LogP contribution in [0.25, 0.3) is 0 Å². The Bertz CT molecular complexity index is 537. The van der Waals surface area contributed by atoms with Gasteiger partial charge in [-0.2, -0.15) is 5.10 Å². The van der Waals surface area contributed by atoms with E-state index in [1.54, 1.807) is 17.8 Å². The zero-order valence-corrected chi connectivity index (χ0v) is 13.4. The summed E-state index contributed by atoms with van der Waals surface area (Å²) in [7, 11) is 1.80. The Morgan fingerprint density at radius 3 is 2.67 bits per heavy atom.